The van der Waals surface area contributed by atoms with E-state index in [0.717, 1.165) is 5.82 Å². The lowest BCUT2D eigenvalue weighted by Crippen LogP contribution is -2.11. The van der Waals surface area contributed by atoms with Crippen LogP contribution in [0.15, 0.2) is 4.42 Å². The van der Waals surface area contributed by atoms with Gasteiger partial charge in [-0.15, -0.1) is 5.10 Å². The molecular formula is C11H18N6O. The average molecular weight is 250 g/mol. The van der Waals surface area contributed by atoms with Gasteiger partial charge < -0.3 is 9.73 Å². The summed E-state index contributed by atoms with van der Waals surface area (Å²) in [6, 6.07) is 0.290. The van der Waals surface area contributed by atoms with E-state index in [9.17, 15) is 0 Å². The van der Waals surface area contributed by atoms with Gasteiger partial charge in [0.05, 0.1) is 6.04 Å². The third kappa shape index (κ3) is 2.66. The van der Waals surface area contributed by atoms with Crippen LogP contribution in [0.3, 0.4) is 0 Å². The van der Waals surface area contributed by atoms with Crippen LogP contribution >= 0.6 is 0 Å². The highest BCUT2D eigenvalue weighted by atomic mass is 16.4. The van der Waals surface area contributed by atoms with Crippen LogP contribution in [0.4, 0.5) is 6.01 Å². The van der Waals surface area contributed by atoms with Gasteiger partial charge in [0.15, 0.2) is 5.82 Å². The summed E-state index contributed by atoms with van der Waals surface area (Å²) in [6.45, 7) is 9.85. The molecule has 7 heteroatoms. The van der Waals surface area contributed by atoms with Crippen LogP contribution in [-0.2, 0) is 5.41 Å². The predicted octanol–water partition coefficient (Wildman–Crippen LogP) is 1.97. The van der Waals surface area contributed by atoms with Gasteiger partial charge in [-0.3, -0.25) is 5.10 Å². The van der Waals surface area contributed by atoms with E-state index in [-0.39, 0.29) is 11.5 Å². The minimum atomic E-state index is -0.155. The molecule has 0 aliphatic heterocycles. The van der Waals surface area contributed by atoms with Crippen molar-refractivity contribution in [1.82, 2.24) is 25.4 Å². The molecule has 0 aliphatic rings. The van der Waals surface area contributed by atoms with Crippen molar-refractivity contribution in [3.05, 3.63) is 17.5 Å². The van der Waals surface area contributed by atoms with Gasteiger partial charge in [0.25, 0.3) is 0 Å². The zero-order chi connectivity index (χ0) is 13.3. The highest BCUT2D eigenvalue weighted by Gasteiger charge is 2.22. The quantitative estimate of drug-likeness (QED) is 0.865. The second kappa shape index (κ2) is 4.40. The van der Waals surface area contributed by atoms with E-state index in [4.69, 9.17) is 4.42 Å². The van der Waals surface area contributed by atoms with Crippen molar-refractivity contribution in [1.29, 1.82) is 0 Å². The molecule has 2 heterocycles. The Morgan fingerprint density at radius 2 is 2.00 bits per heavy atom. The van der Waals surface area contributed by atoms with Crippen molar-refractivity contribution in [3.63, 3.8) is 0 Å². The first-order valence-electron chi connectivity index (χ1n) is 5.85. The summed E-state index contributed by atoms with van der Waals surface area (Å²) >= 11 is 0. The molecule has 0 bridgehead atoms. The maximum atomic E-state index is 5.55. The Balaban J connectivity index is 2.08. The fraction of sp³-hybridized carbons (Fsp3) is 0.636. The van der Waals surface area contributed by atoms with E-state index in [2.05, 4.69) is 30.7 Å². The lowest BCUT2D eigenvalue weighted by atomic mass is 9.97. The Morgan fingerprint density at radius 3 is 2.50 bits per heavy atom. The summed E-state index contributed by atoms with van der Waals surface area (Å²) in [5, 5.41) is 17.9. The van der Waals surface area contributed by atoms with Crippen LogP contribution in [0.5, 0.6) is 0 Å². The van der Waals surface area contributed by atoms with Crippen molar-refractivity contribution in [2.75, 3.05) is 5.32 Å². The number of nitrogens with zero attached hydrogens (tertiary/aromatic N) is 4. The van der Waals surface area contributed by atoms with Crippen LogP contribution in [0.1, 0.15) is 51.3 Å². The van der Waals surface area contributed by atoms with E-state index in [1.807, 2.05) is 34.6 Å². The van der Waals surface area contributed by atoms with Gasteiger partial charge in [-0.2, -0.15) is 5.10 Å². The third-order valence-electron chi connectivity index (χ3n) is 2.41. The van der Waals surface area contributed by atoms with Crippen LogP contribution in [0.2, 0.25) is 0 Å². The van der Waals surface area contributed by atoms with Crippen molar-refractivity contribution in [2.45, 2.75) is 46.1 Å². The largest absolute Gasteiger partial charge is 0.408 e. The van der Waals surface area contributed by atoms with Crippen LogP contribution in [-0.4, -0.2) is 25.4 Å². The van der Waals surface area contributed by atoms with Gasteiger partial charge in [0.1, 0.15) is 5.82 Å². The molecule has 18 heavy (non-hydrogen) atoms. The Kier molecular flexibility index (Phi) is 3.06. The summed E-state index contributed by atoms with van der Waals surface area (Å²) < 4.78 is 5.55. The molecule has 7 nitrogen and oxygen atoms in total. The van der Waals surface area contributed by atoms with Crippen molar-refractivity contribution in [2.24, 2.45) is 0 Å². The van der Waals surface area contributed by atoms with Gasteiger partial charge >= 0.3 is 6.01 Å². The maximum absolute atomic E-state index is 5.55. The van der Waals surface area contributed by atoms with Crippen molar-refractivity contribution in [3.8, 4) is 0 Å². The molecule has 0 fully saturated rings. The second-order valence-electron chi connectivity index (χ2n) is 5.31. The summed E-state index contributed by atoms with van der Waals surface area (Å²) in [7, 11) is 0. The molecule has 1 unspecified atom stereocenters. The standard InChI is InChI=1S/C11H18N6O/c1-6(8-13-7(2)14-15-8)12-10-17-16-9(18-10)11(3,4)5/h6H,1-5H3,(H,12,17)(H,13,14,15). The molecule has 0 saturated carbocycles. The first-order chi connectivity index (χ1) is 8.36. The fourth-order valence-electron chi connectivity index (χ4n) is 1.39. The molecule has 0 amide bonds. The minimum Gasteiger partial charge on any atom is -0.408 e. The Labute approximate surface area is 105 Å². The monoisotopic (exact) mass is 250 g/mol. The van der Waals surface area contributed by atoms with Gasteiger partial charge in [-0.1, -0.05) is 25.9 Å². The SMILES string of the molecule is Cc1nc(C(C)Nc2nnc(C(C)(C)C)o2)n[nH]1. The molecule has 0 spiro atoms. The minimum absolute atomic E-state index is 0.0942. The predicted molar refractivity (Wildman–Crippen MR) is 66.2 cm³/mol. The Hall–Kier alpha value is -1.92. The smallest absolute Gasteiger partial charge is 0.316 e. The number of hydrogen-bond acceptors (Lipinski definition) is 6. The highest BCUT2D eigenvalue weighted by molar-refractivity contribution is 5.22. The second-order valence-corrected chi connectivity index (χ2v) is 5.31. The van der Waals surface area contributed by atoms with Gasteiger partial charge in [0.2, 0.25) is 5.89 Å². The number of hydrogen-bond donors (Lipinski definition) is 2. The summed E-state index contributed by atoms with van der Waals surface area (Å²) in [5.74, 6) is 2.05. The molecule has 2 aromatic rings. The summed E-state index contributed by atoms with van der Waals surface area (Å²) in [5.41, 5.74) is -0.155. The lowest BCUT2D eigenvalue weighted by Gasteiger charge is -2.11. The van der Waals surface area contributed by atoms with Crippen molar-refractivity contribution >= 4 is 6.01 Å². The van der Waals surface area contributed by atoms with E-state index >= 15 is 0 Å². The molecule has 0 saturated heterocycles. The maximum Gasteiger partial charge on any atom is 0.316 e. The topological polar surface area (TPSA) is 92.5 Å². The summed E-state index contributed by atoms with van der Waals surface area (Å²) in [6.07, 6.45) is 0. The van der Waals surface area contributed by atoms with Gasteiger partial charge in [-0.25, -0.2) is 4.98 Å². The Bertz CT molecular complexity index is 524. The molecular weight excluding hydrogens is 232 g/mol. The zero-order valence-corrected chi connectivity index (χ0v) is 11.3. The number of anilines is 1. The number of rotatable bonds is 3. The third-order valence-corrected chi connectivity index (χ3v) is 2.41. The van der Waals surface area contributed by atoms with E-state index < -0.39 is 0 Å². The zero-order valence-electron chi connectivity index (χ0n) is 11.3. The molecule has 0 aliphatic carbocycles. The van der Waals surface area contributed by atoms with E-state index in [0.29, 0.717) is 17.7 Å². The van der Waals surface area contributed by atoms with E-state index in [1.165, 1.54) is 0 Å². The number of aromatic nitrogens is 5. The average Bonchev–Trinajstić information content (AvgIpc) is 2.85. The van der Waals surface area contributed by atoms with Crippen LogP contribution in [0.25, 0.3) is 0 Å². The van der Waals surface area contributed by atoms with Crippen molar-refractivity contribution < 1.29 is 4.42 Å². The van der Waals surface area contributed by atoms with Crippen LogP contribution in [0, 0.1) is 6.92 Å². The first-order valence-corrected chi connectivity index (χ1v) is 5.85. The van der Waals surface area contributed by atoms with E-state index in [1.54, 1.807) is 0 Å². The summed E-state index contributed by atoms with van der Waals surface area (Å²) in [4.78, 5) is 4.24. The van der Waals surface area contributed by atoms with Gasteiger partial charge in [-0.05, 0) is 13.8 Å². The van der Waals surface area contributed by atoms with Gasteiger partial charge in [0, 0.05) is 5.41 Å². The fourth-order valence-corrected chi connectivity index (χ4v) is 1.39. The van der Waals surface area contributed by atoms with Crippen LogP contribution < -0.4 is 5.32 Å². The molecule has 0 aromatic carbocycles. The molecule has 2 aromatic heterocycles. The molecule has 98 valence electrons. The number of aryl methyl sites for hydroxylation is 1. The number of aromatic amines is 1. The highest BCUT2D eigenvalue weighted by Crippen LogP contribution is 2.23. The first kappa shape index (κ1) is 12.5. The molecule has 0 radical (unpaired) electrons. The molecule has 1 atom stereocenters. The molecule has 2 rings (SSSR count). The lowest BCUT2D eigenvalue weighted by molar-refractivity contribution is 0.397. The Morgan fingerprint density at radius 1 is 1.28 bits per heavy atom. The normalized spacial score (nSPS) is 13.6. The number of nitrogens with one attached hydrogen (secondary N) is 2. The number of H-pyrrole nitrogens is 1. The molecule has 2 N–H and O–H groups in total.